The lowest BCUT2D eigenvalue weighted by molar-refractivity contribution is -0.142. The van der Waals surface area contributed by atoms with Crippen molar-refractivity contribution < 1.29 is 24.8 Å². The maximum atomic E-state index is 12.7. The summed E-state index contributed by atoms with van der Waals surface area (Å²) >= 11 is 12.0. The molecule has 1 amide bonds. The third-order valence-electron chi connectivity index (χ3n) is 5.64. The van der Waals surface area contributed by atoms with Crippen LogP contribution in [-0.4, -0.2) is 78.2 Å². The molecular weight excluding hydrogens is 465 g/mol. The van der Waals surface area contributed by atoms with Crippen molar-refractivity contribution in [2.45, 2.75) is 25.0 Å². The minimum absolute atomic E-state index is 0.0207. The monoisotopic (exact) mass is 492 g/mol. The smallest absolute Gasteiger partial charge is 0.318 e. The molecule has 3 N–H and O–H groups in total. The van der Waals surface area contributed by atoms with Crippen LogP contribution in [0.15, 0.2) is 42.5 Å². The van der Waals surface area contributed by atoms with E-state index in [1.165, 1.54) is 4.90 Å². The van der Waals surface area contributed by atoms with Gasteiger partial charge in [-0.2, -0.15) is 0 Å². The number of rotatable bonds is 9. The number of aldehydes is 1. The zero-order valence-electron chi connectivity index (χ0n) is 18.4. The lowest BCUT2D eigenvalue weighted by Crippen LogP contribution is -2.53. The van der Waals surface area contributed by atoms with Crippen LogP contribution in [0.4, 0.5) is 0 Å². The first-order valence-corrected chi connectivity index (χ1v) is 11.5. The molecule has 2 aromatic rings. The van der Waals surface area contributed by atoms with Crippen LogP contribution in [0, 0.1) is 0 Å². The summed E-state index contributed by atoms with van der Waals surface area (Å²) in [5, 5.41) is 17.5. The van der Waals surface area contributed by atoms with Gasteiger partial charge < -0.3 is 19.6 Å². The Morgan fingerprint density at radius 3 is 2.61 bits per heavy atom. The molecule has 1 atom stereocenters. The molecule has 2 aromatic carbocycles. The van der Waals surface area contributed by atoms with Gasteiger partial charge in [0.25, 0.3) is 5.71 Å². The Hall–Kier alpha value is -2.45. The maximum Gasteiger partial charge on any atom is 0.318 e. The Morgan fingerprint density at radius 1 is 1.24 bits per heavy atom. The van der Waals surface area contributed by atoms with E-state index in [0.717, 1.165) is 25.9 Å². The van der Waals surface area contributed by atoms with E-state index in [-0.39, 0.29) is 18.4 Å². The van der Waals surface area contributed by atoms with Crippen LogP contribution >= 0.6 is 23.2 Å². The number of nitrogens with two attached hydrogens (primary N) is 1. The fourth-order valence-corrected chi connectivity index (χ4v) is 4.16. The van der Waals surface area contributed by atoms with Crippen molar-refractivity contribution in [2.75, 3.05) is 33.2 Å². The van der Waals surface area contributed by atoms with Crippen LogP contribution in [0.3, 0.4) is 0 Å². The van der Waals surface area contributed by atoms with E-state index >= 15 is 0 Å². The van der Waals surface area contributed by atoms with Crippen molar-refractivity contribution in [3.63, 3.8) is 0 Å². The number of β-amino-alcohol motifs (C(OH)–C–C–N with tert-alkyl or cyclic N) is 1. The number of amides is 1. The Kier molecular flexibility index (Phi) is 8.86. The summed E-state index contributed by atoms with van der Waals surface area (Å²) in [5.74, 6) is 0.255. The van der Waals surface area contributed by atoms with Gasteiger partial charge in [-0.3, -0.25) is 9.59 Å². The number of nitrogens with zero attached hydrogens (tertiary/aromatic N) is 2. The molecule has 0 spiro atoms. The van der Waals surface area contributed by atoms with Gasteiger partial charge >= 0.3 is 5.91 Å². The molecule has 7 nitrogen and oxygen atoms in total. The first-order valence-electron chi connectivity index (χ1n) is 10.7. The topological polar surface area (TPSA) is 95.7 Å². The van der Waals surface area contributed by atoms with Gasteiger partial charge in [-0.15, -0.1) is 0 Å². The number of aliphatic hydroxyl groups is 1. The first-order chi connectivity index (χ1) is 15.8. The summed E-state index contributed by atoms with van der Waals surface area (Å²) in [6.07, 6.45) is 1.61. The zero-order valence-corrected chi connectivity index (χ0v) is 19.9. The van der Waals surface area contributed by atoms with Gasteiger partial charge in [0.15, 0.2) is 6.29 Å². The van der Waals surface area contributed by atoms with E-state index in [1.807, 2.05) is 0 Å². The summed E-state index contributed by atoms with van der Waals surface area (Å²) in [5.41, 5.74) is 0.721. The van der Waals surface area contributed by atoms with Crippen LogP contribution in [0.1, 0.15) is 28.8 Å². The molecule has 9 heteroatoms. The molecule has 3 rings (SSSR count). The second kappa shape index (κ2) is 11.6. The Bertz CT molecular complexity index is 1010. The SMILES string of the molecule is CN(C[C@@H](O)CN1CCC(Oc2ccc(Cl)c(Cl)c2)CC1)C(=O)C(=[NH2+])c1ccccc1C=O. The minimum atomic E-state index is -0.736. The molecule has 0 radical (unpaired) electrons. The molecular formula is C24H28Cl2N3O4+. The average Bonchev–Trinajstić information content (AvgIpc) is 2.81. The summed E-state index contributed by atoms with van der Waals surface area (Å²) in [7, 11) is 1.58. The highest BCUT2D eigenvalue weighted by Crippen LogP contribution is 2.28. The predicted molar refractivity (Wildman–Crippen MR) is 128 cm³/mol. The second-order valence-electron chi connectivity index (χ2n) is 8.15. The number of aliphatic hydroxyl groups excluding tert-OH is 1. The number of benzene rings is 2. The highest BCUT2D eigenvalue weighted by atomic mass is 35.5. The van der Waals surface area contributed by atoms with Crippen LogP contribution in [0.2, 0.25) is 10.0 Å². The number of carbonyl (C=O) groups excluding carboxylic acids is 2. The number of likely N-dealkylation sites (tertiary alicyclic amines) is 1. The largest absolute Gasteiger partial charge is 0.490 e. The standard InChI is InChI=1S/C24H27Cl2N3O4/c1-28(24(32)23(27)20-5-3-2-4-16(20)15-30)13-17(31)14-29-10-8-18(9-11-29)33-19-6-7-21(25)22(26)12-19/h2-7,12,15,17-18,27,31H,8-11,13-14H2,1H3/p+1/t17-/m1/s1. The second-order valence-corrected chi connectivity index (χ2v) is 8.97. The molecule has 0 unspecified atom stereocenters. The molecule has 1 heterocycles. The molecule has 1 fully saturated rings. The molecule has 1 aliphatic rings. The van der Waals surface area contributed by atoms with Crippen molar-refractivity contribution in [3.05, 3.63) is 63.6 Å². The van der Waals surface area contributed by atoms with E-state index in [0.29, 0.717) is 39.8 Å². The van der Waals surface area contributed by atoms with E-state index < -0.39 is 12.0 Å². The molecule has 0 saturated carbocycles. The summed E-state index contributed by atoms with van der Waals surface area (Å²) in [6, 6.07) is 11.9. The number of likely N-dealkylation sites (N-methyl/N-ethyl adjacent to an activating group) is 1. The first kappa shape index (κ1) is 25.2. The van der Waals surface area contributed by atoms with Gasteiger partial charge in [0.05, 0.1) is 21.7 Å². The lowest BCUT2D eigenvalue weighted by atomic mass is 10.0. The average molecular weight is 493 g/mol. The highest BCUT2D eigenvalue weighted by molar-refractivity contribution is 6.43. The normalized spacial score (nSPS) is 15.6. The predicted octanol–water partition coefficient (Wildman–Crippen LogP) is 1.72. The van der Waals surface area contributed by atoms with Gasteiger partial charge in [-0.25, -0.2) is 5.41 Å². The van der Waals surface area contributed by atoms with Gasteiger partial charge in [0, 0.05) is 44.9 Å². The van der Waals surface area contributed by atoms with Gasteiger partial charge in [-0.05, 0) is 31.0 Å². The van der Waals surface area contributed by atoms with E-state index in [9.17, 15) is 14.7 Å². The van der Waals surface area contributed by atoms with Crippen LogP contribution in [-0.2, 0) is 4.79 Å². The third-order valence-corrected chi connectivity index (χ3v) is 6.38. The Morgan fingerprint density at radius 2 is 1.94 bits per heavy atom. The number of hydrogen-bond acceptors (Lipinski definition) is 5. The summed E-state index contributed by atoms with van der Waals surface area (Å²) < 4.78 is 6.00. The molecule has 176 valence electrons. The molecule has 1 aliphatic heterocycles. The van der Waals surface area contributed by atoms with Crippen molar-refractivity contribution >= 4 is 41.1 Å². The van der Waals surface area contributed by atoms with Crippen molar-refractivity contribution in [3.8, 4) is 5.75 Å². The minimum Gasteiger partial charge on any atom is -0.490 e. The van der Waals surface area contributed by atoms with Crippen LogP contribution in [0.25, 0.3) is 0 Å². The molecule has 0 aromatic heterocycles. The van der Waals surface area contributed by atoms with E-state index in [4.69, 9.17) is 33.3 Å². The quantitative estimate of drug-likeness (QED) is 0.410. The van der Waals surface area contributed by atoms with Gasteiger partial charge in [0.1, 0.15) is 11.9 Å². The van der Waals surface area contributed by atoms with Crippen LogP contribution < -0.4 is 10.1 Å². The van der Waals surface area contributed by atoms with Crippen LogP contribution in [0.5, 0.6) is 5.75 Å². The summed E-state index contributed by atoms with van der Waals surface area (Å²) in [6.45, 7) is 2.09. The number of hydrogen-bond donors (Lipinski definition) is 2. The number of ether oxygens (including phenoxy) is 1. The van der Waals surface area contributed by atoms with E-state index in [2.05, 4.69) is 4.90 Å². The fraction of sp³-hybridized carbons (Fsp3) is 0.375. The van der Waals surface area contributed by atoms with E-state index in [1.54, 1.807) is 49.5 Å². The third kappa shape index (κ3) is 6.77. The Labute approximate surface area is 203 Å². The van der Waals surface area contributed by atoms with Crippen molar-refractivity contribution in [2.24, 2.45) is 0 Å². The Balaban J connectivity index is 1.45. The molecule has 0 bridgehead atoms. The van der Waals surface area contributed by atoms with Crippen molar-refractivity contribution in [1.82, 2.24) is 9.80 Å². The van der Waals surface area contributed by atoms with Gasteiger partial charge in [0.2, 0.25) is 0 Å². The fourth-order valence-electron chi connectivity index (χ4n) is 3.87. The number of piperidine rings is 1. The molecule has 1 saturated heterocycles. The zero-order chi connectivity index (χ0) is 24.0. The van der Waals surface area contributed by atoms with Crippen molar-refractivity contribution in [1.29, 1.82) is 0 Å². The molecule has 0 aliphatic carbocycles. The lowest BCUT2D eigenvalue weighted by Gasteiger charge is -2.34. The molecule has 33 heavy (non-hydrogen) atoms. The maximum absolute atomic E-state index is 12.7. The number of carbonyl (C=O) groups is 2. The number of halogens is 2. The summed E-state index contributed by atoms with van der Waals surface area (Å²) in [4.78, 5) is 27.4. The van der Waals surface area contributed by atoms with Gasteiger partial charge in [-0.1, -0.05) is 41.4 Å². The highest BCUT2D eigenvalue weighted by Gasteiger charge is 2.27.